The maximum atomic E-state index is 14.1. The van der Waals surface area contributed by atoms with Gasteiger partial charge in [0.25, 0.3) is 0 Å². The molecule has 5 nitrogen and oxygen atoms in total. The van der Waals surface area contributed by atoms with Crippen molar-refractivity contribution in [2.75, 3.05) is 7.11 Å². The molecule has 0 aliphatic carbocycles. The number of ether oxygens (including phenoxy) is 3. The number of hydrogen-bond acceptors (Lipinski definition) is 5. The monoisotopic (exact) mass is 549 g/mol. The lowest BCUT2D eigenvalue weighted by molar-refractivity contribution is -0.0467. The van der Waals surface area contributed by atoms with Gasteiger partial charge in [-0.2, -0.15) is 0 Å². The highest BCUT2D eigenvalue weighted by molar-refractivity contribution is 6.00. The van der Waals surface area contributed by atoms with Gasteiger partial charge in [-0.15, -0.1) is 0 Å². The number of benzene rings is 4. The van der Waals surface area contributed by atoms with Gasteiger partial charge in [0.2, 0.25) is 5.75 Å². The molecule has 2 N–H and O–H groups in total. The Morgan fingerprint density at radius 1 is 0.854 bits per heavy atom. The maximum Gasteiger partial charge on any atom is 0.305 e. The number of nitrogens with two attached hydrogens (primary N) is 1. The van der Waals surface area contributed by atoms with Crippen molar-refractivity contribution in [1.82, 2.24) is 0 Å². The molecule has 0 radical (unpaired) electrons. The number of carbonyl (C=O) groups is 1. The minimum absolute atomic E-state index is 0.0633. The highest BCUT2D eigenvalue weighted by Gasteiger charge is 2.47. The third-order valence-electron chi connectivity index (χ3n) is 8.45. The lowest BCUT2D eigenvalue weighted by atomic mass is 9.74. The van der Waals surface area contributed by atoms with Gasteiger partial charge in [-0.25, -0.2) is 0 Å². The summed E-state index contributed by atoms with van der Waals surface area (Å²) in [5.74, 6) is -0.183. The van der Waals surface area contributed by atoms with Gasteiger partial charge >= 0.3 is 5.79 Å². The zero-order valence-electron chi connectivity index (χ0n) is 25.0. The zero-order chi connectivity index (χ0) is 29.5. The number of aryl methyl sites for hydroxylation is 2. The van der Waals surface area contributed by atoms with Crippen LogP contribution in [0, 0.1) is 27.7 Å². The van der Waals surface area contributed by atoms with Gasteiger partial charge in [-0.3, -0.25) is 4.79 Å². The molecule has 4 aromatic carbocycles. The summed E-state index contributed by atoms with van der Waals surface area (Å²) in [6.07, 6.45) is 0.229. The molecule has 5 heteroatoms. The van der Waals surface area contributed by atoms with Crippen LogP contribution in [0.5, 0.6) is 17.2 Å². The van der Waals surface area contributed by atoms with Gasteiger partial charge in [0, 0.05) is 29.0 Å². The van der Waals surface area contributed by atoms with Crippen LogP contribution in [0.25, 0.3) is 0 Å². The van der Waals surface area contributed by atoms with Crippen molar-refractivity contribution in [2.45, 2.75) is 65.2 Å². The summed E-state index contributed by atoms with van der Waals surface area (Å²) in [6, 6.07) is 25.4. The normalized spacial score (nSPS) is 14.5. The fourth-order valence-corrected chi connectivity index (χ4v) is 5.98. The number of Topliss-reactive ketones (excluding diaryl/α,β-unsaturated/α-hetero) is 1. The molecule has 1 unspecified atom stereocenters. The molecular formula is C36H39NO4. The van der Waals surface area contributed by atoms with E-state index in [4.69, 9.17) is 19.9 Å². The average Bonchev–Trinajstić information content (AvgIpc) is 3.36. The van der Waals surface area contributed by atoms with Crippen LogP contribution in [-0.2, 0) is 5.79 Å². The van der Waals surface area contributed by atoms with E-state index in [0.29, 0.717) is 22.8 Å². The van der Waals surface area contributed by atoms with E-state index in [9.17, 15) is 4.79 Å². The Morgan fingerprint density at radius 3 is 1.88 bits per heavy atom. The van der Waals surface area contributed by atoms with E-state index in [0.717, 1.165) is 16.7 Å². The third kappa shape index (κ3) is 5.00. The molecule has 1 atom stereocenters. The summed E-state index contributed by atoms with van der Waals surface area (Å²) < 4.78 is 19.1. The Hall–Kier alpha value is -4.09. The Morgan fingerprint density at radius 2 is 1.39 bits per heavy atom. The first-order chi connectivity index (χ1) is 19.5. The summed E-state index contributed by atoms with van der Waals surface area (Å²) in [7, 11) is 1.56. The van der Waals surface area contributed by atoms with Crippen LogP contribution in [0.3, 0.4) is 0 Å². The molecule has 5 rings (SSSR count). The van der Waals surface area contributed by atoms with Crippen molar-refractivity contribution >= 4 is 5.78 Å². The highest BCUT2D eigenvalue weighted by Crippen LogP contribution is 2.53. The van der Waals surface area contributed by atoms with Crippen molar-refractivity contribution < 1.29 is 19.0 Å². The van der Waals surface area contributed by atoms with Gasteiger partial charge in [-0.05, 0) is 81.5 Å². The van der Waals surface area contributed by atoms with Crippen LogP contribution in [0.15, 0.2) is 78.9 Å². The Bertz CT molecular complexity index is 1520. The molecule has 1 aliphatic heterocycles. The molecule has 4 aromatic rings. The van der Waals surface area contributed by atoms with E-state index in [1.807, 2.05) is 74.5 Å². The molecule has 0 aromatic heterocycles. The largest absolute Gasteiger partial charge is 0.492 e. The van der Waals surface area contributed by atoms with E-state index >= 15 is 0 Å². The molecule has 0 saturated carbocycles. The van der Waals surface area contributed by atoms with E-state index in [1.165, 1.54) is 22.3 Å². The topological polar surface area (TPSA) is 70.8 Å². The molecule has 0 amide bonds. The van der Waals surface area contributed by atoms with Crippen molar-refractivity contribution in [3.63, 3.8) is 0 Å². The first kappa shape index (κ1) is 28.4. The number of fused-ring (bicyclic) bond motifs is 1. The number of methoxy groups -OCH3 is 1. The fourth-order valence-electron chi connectivity index (χ4n) is 5.98. The molecule has 0 spiro atoms. The predicted molar refractivity (Wildman–Crippen MR) is 163 cm³/mol. The maximum absolute atomic E-state index is 14.1. The van der Waals surface area contributed by atoms with Gasteiger partial charge < -0.3 is 19.9 Å². The predicted octanol–water partition coefficient (Wildman–Crippen LogP) is 7.70. The summed E-state index contributed by atoms with van der Waals surface area (Å²) in [6.45, 7) is 12.4. The van der Waals surface area contributed by atoms with Crippen molar-refractivity contribution in [3.05, 3.63) is 123 Å². The Kier molecular flexibility index (Phi) is 7.43. The highest BCUT2D eigenvalue weighted by atomic mass is 16.7. The summed E-state index contributed by atoms with van der Waals surface area (Å²) in [5, 5.41) is 0. The van der Waals surface area contributed by atoms with Crippen molar-refractivity contribution in [1.29, 1.82) is 0 Å². The minimum Gasteiger partial charge on any atom is -0.492 e. The van der Waals surface area contributed by atoms with E-state index < -0.39 is 11.3 Å². The second-order valence-electron chi connectivity index (χ2n) is 11.7. The van der Waals surface area contributed by atoms with Crippen molar-refractivity contribution in [2.24, 2.45) is 5.73 Å². The van der Waals surface area contributed by atoms with Crippen molar-refractivity contribution in [3.8, 4) is 17.2 Å². The first-order valence-electron chi connectivity index (χ1n) is 14.1. The van der Waals surface area contributed by atoms with Crippen LogP contribution in [0.2, 0.25) is 0 Å². The second-order valence-corrected chi connectivity index (χ2v) is 11.7. The minimum atomic E-state index is -1.21. The SMILES string of the molecule is COc1c(C(=O)CC(c2c(C)c(C)cc(C)c2C)C(C)(C)N)ccc2c1OC(c1ccccc1)(c1ccccc1)O2. The van der Waals surface area contributed by atoms with Gasteiger partial charge in [0.05, 0.1) is 12.7 Å². The quantitative estimate of drug-likeness (QED) is 0.228. The Labute approximate surface area is 243 Å². The van der Waals surface area contributed by atoms with Crippen LogP contribution >= 0.6 is 0 Å². The lowest BCUT2D eigenvalue weighted by Gasteiger charge is -2.34. The number of ketones is 1. The molecule has 0 fully saturated rings. The molecule has 0 bridgehead atoms. The average molecular weight is 550 g/mol. The smallest absolute Gasteiger partial charge is 0.305 e. The molecule has 1 heterocycles. The van der Waals surface area contributed by atoms with Crippen LogP contribution in [-0.4, -0.2) is 18.4 Å². The van der Waals surface area contributed by atoms with Crippen LogP contribution in [0.1, 0.15) is 75.5 Å². The second kappa shape index (κ2) is 10.7. The van der Waals surface area contributed by atoms with Crippen LogP contribution in [0.4, 0.5) is 0 Å². The van der Waals surface area contributed by atoms with Gasteiger partial charge in [0.15, 0.2) is 17.3 Å². The number of hydrogen-bond donors (Lipinski definition) is 1. The fraction of sp³-hybridized carbons (Fsp3) is 0.306. The molecule has 212 valence electrons. The number of rotatable bonds is 8. The standard InChI is InChI=1S/C36H39NO4/c1-22-20-23(2)25(4)32(24(22)3)29(35(5,6)37)21-30(38)28-18-19-31-34(33(28)39-7)41-36(40-31,26-14-10-8-11-15-26)27-16-12-9-13-17-27/h8-20,29H,21,37H2,1-7H3. The molecule has 41 heavy (non-hydrogen) atoms. The molecule has 0 saturated heterocycles. The number of carbonyl (C=O) groups excluding carboxylic acids is 1. The van der Waals surface area contributed by atoms with E-state index in [1.54, 1.807) is 19.2 Å². The van der Waals surface area contributed by atoms with Gasteiger partial charge in [-0.1, -0.05) is 66.7 Å². The zero-order valence-corrected chi connectivity index (χ0v) is 25.0. The van der Waals surface area contributed by atoms with Crippen LogP contribution < -0.4 is 19.9 Å². The molecule has 1 aliphatic rings. The Balaban J connectivity index is 1.57. The third-order valence-corrected chi connectivity index (χ3v) is 8.45. The lowest BCUT2D eigenvalue weighted by Crippen LogP contribution is -2.41. The van der Waals surface area contributed by atoms with E-state index in [2.05, 4.69) is 33.8 Å². The van der Waals surface area contributed by atoms with E-state index in [-0.39, 0.29) is 18.1 Å². The molecular weight excluding hydrogens is 510 g/mol. The summed E-state index contributed by atoms with van der Waals surface area (Å²) in [5.41, 5.74) is 14.2. The summed E-state index contributed by atoms with van der Waals surface area (Å²) >= 11 is 0. The first-order valence-corrected chi connectivity index (χ1v) is 14.1. The van der Waals surface area contributed by atoms with Gasteiger partial charge in [0.1, 0.15) is 0 Å². The summed E-state index contributed by atoms with van der Waals surface area (Å²) in [4.78, 5) is 14.1.